The predicted molar refractivity (Wildman–Crippen MR) is 49.5 cm³/mol. The molecule has 0 unspecified atom stereocenters. The van der Waals surface area contributed by atoms with Gasteiger partial charge >= 0.3 is 5.97 Å². The maximum atomic E-state index is 11.1. The SMILES string of the molecule is C[C@@H](O)[C@H](N)C(=O)NCCCC(=O)O. The molecule has 0 saturated carbocycles. The lowest BCUT2D eigenvalue weighted by atomic mass is 10.2. The molecule has 0 fully saturated rings. The predicted octanol–water partition coefficient (Wildman–Crippen LogP) is -1.32. The van der Waals surface area contributed by atoms with Crippen LogP contribution >= 0.6 is 0 Å². The number of amides is 1. The third kappa shape index (κ3) is 5.50. The van der Waals surface area contributed by atoms with Crippen LogP contribution in [0.4, 0.5) is 0 Å². The van der Waals surface area contributed by atoms with E-state index < -0.39 is 24.0 Å². The molecule has 0 aromatic heterocycles. The minimum absolute atomic E-state index is 0.00416. The molecule has 0 rings (SSSR count). The summed E-state index contributed by atoms with van der Waals surface area (Å²) >= 11 is 0. The lowest BCUT2D eigenvalue weighted by Gasteiger charge is -2.13. The third-order valence-electron chi connectivity index (χ3n) is 1.69. The Morgan fingerprint density at radius 2 is 2.07 bits per heavy atom. The van der Waals surface area contributed by atoms with Crippen molar-refractivity contribution >= 4 is 11.9 Å². The fourth-order valence-corrected chi connectivity index (χ4v) is 0.788. The maximum Gasteiger partial charge on any atom is 0.303 e. The van der Waals surface area contributed by atoms with E-state index in [-0.39, 0.29) is 13.0 Å². The molecule has 0 aromatic rings. The summed E-state index contributed by atoms with van der Waals surface area (Å²) in [5.41, 5.74) is 5.32. The van der Waals surface area contributed by atoms with E-state index in [2.05, 4.69) is 5.32 Å². The minimum atomic E-state index is -0.958. The molecule has 5 N–H and O–H groups in total. The number of aliphatic hydroxyl groups excluding tert-OH is 1. The molecule has 14 heavy (non-hydrogen) atoms. The molecule has 0 aromatic carbocycles. The summed E-state index contributed by atoms with van der Waals surface area (Å²) < 4.78 is 0. The zero-order valence-electron chi connectivity index (χ0n) is 8.06. The van der Waals surface area contributed by atoms with Crippen molar-refractivity contribution in [3.8, 4) is 0 Å². The highest BCUT2D eigenvalue weighted by Gasteiger charge is 2.17. The van der Waals surface area contributed by atoms with Crippen LogP contribution in [0.5, 0.6) is 0 Å². The number of hydrogen-bond donors (Lipinski definition) is 4. The number of aliphatic carboxylic acids is 1. The average Bonchev–Trinajstić information content (AvgIpc) is 2.10. The van der Waals surface area contributed by atoms with Crippen molar-refractivity contribution < 1.29 is 19.8 Å². The fourth-order valence-electron chi connectivity index (χ4n) is 0.788. The van der Waals surface area contributed by atoms with Crippen LogP contribution in [0, 0.1) is 0 Å². The molecule has 0 radical (unpaired) electrons. The second kappa shape index (κ2) is 6.33. The highest BCUT2D eigenvalue weighted by atomic mass is 16.4. The van der Waals surface area contributed by atoms with E-state index in [0.717, 1.165) is 0 Å². The van der Waals surface area contributed by atoms with Gasteiger partial charge in [0.05, 0.1) is 6.10 Å². The number of carbonyl (C=O) groups excluding carboxylic acids is 1. The van der Waals surface area contributed by atoms with Gasteiger partial charge in [-0.25, -0.2) is 0 Å². The Morgan fingerprint density at radius 3 is 2.50 bits per heavy atom. The quantitative estimate of drug-likeness (QED) is 0.401. The van der Waals surface area contributed by atoms with Gasteiger partial charge in [0.25, 0.3) is 0 Å². The molecule has 82 valence electrons. The van der Waals surface area contributed by atoms with E-state index in [4.69, 9.17) is 15.9 Å². The normalized spacial score (nSPS) is 14.5. The molecule has 0 bridgehead atoms. The first kappa shape index (κ1) is 12.9. The molecule has 0 heterocycles. The molecule has 0 aliphatic rings. The van der Waals surface area contributed by atoms with Gasteiger partial charge in [-0.05, 0) is 13.3 Å². The Hall–Kier alpha value is -1.14. The van der Waals surface area contributed by atoms with Crippen molar-refractivity contribution in [2.45, 2.75) is 31.9 Å². The van der Waals surface area contributed by atoms with E-state index >= 15 is 0 Å². The molecule has 0 aliphatic heterocycles. The summed E-state index contributed by atoms with van der Waals surface area (Å²) in [5, 5.41) is 19.7. The Morgan fingerprint density at radius 1 is 1.50 bits per heavy atom. The van der Waals surface area contributed by atoms with E-state index in [0.29, 0.717) is 6.42 Å². The van der Waals surface area contributed by atoms with E-state index in [1.807, 2.05) is 0 Å². The van der Waals surface area contributed by atoms with Crippen LogP contribution in [0.2, 0.25) is 0 Å². The molecular formula is C8H16N2O4. The molecule has 0 aliphatic carbocycles. The van der Waals surface area contributed by atoms with Crippen molar-refractivity contribution in [3.05, 3.63) is 0 Å². The van der Waals surface area contributed by atoms with Crippen molar-refractivity contribution in [2.24, 2.45) is 5.73 Å². The van der Waals surface area contributed by atoms with Crippen LogP contribution in [0.3, 0.4) is 0 Å². The molecule has 1 amide bonds. The van der Waals surface area contributed by atoms with Gasteiger partial charge in [0.1, 0.15) is 6.04 Å². The number of nitrogens with one attached hydrogen (secondary N) is 1. The number of carbonyl (C=O) groups is 2. The van der Waals surface area contributed by atoms with Gasteiger partial charge in [0.15, 0.2) is 0 Å². The first-order valence-electron chi connectivity index (χ1n) is 4.38. The monoisotopic (exact) mass is 204 g/mol. The van der Waals surface area contributed by atoms with Crippen LogP contribution in [0.15, 0.2) is 0 Å². The van der Waals surface area contributed by atoms with Crippen molar-refractivity contribution in [3.63, 3.8) is 0 Å². The standard InChI is InChI=1S/C8H16N2O4/c1-5(11)7(9)8(14)10-4-2-3-6(12)13/h5,7,11H,2-4,9H2,1H3,(H,10,14)(H,12,13)/t5-,7+/m1/s1. The van der Waals surface area contributed by atoms with Gasteiger partial charge in [-0.15, -0.1) is 0 Å². The van der Waals surface area contributed by atoms with Crippen LogP contribution in [-0.4, -0.2) is 40.8 Å². The topological polar surface area (TPSA) is 113 Å². The summed E-state index contributed by atoms with van der Waals surface area (Å²) in [4.78, 5) is 21.2. The first-order chi connectivity index (χ1) is 6.45. The van der Waals surface area contributed by atoms with Crippen LogP contribution < -0.4 is 11.1 Å². The largest absolute Gasteiger partial charge is 0.481 e. The number of aliphatic hydroxyl groups is 1. The molecule has 0 saturated heterocycles. The second-order valence-electron chi connectivity index (χ2n) is 3.05. The fraction of sp³-hybridized carbons (Fsp3) is 0.750. The number of nitrogens with two attached hydrogens (primary N) is 1. The zero-order valence-corrected chi connectivity index (χ0v) is 8.06. The summed E-state index contributed by atoms with van der Waals surface area (Å²) in [5.74, 6) is -1.37. The Labute approximate surface area is 82.1 Å². The third-order valence-corrected chi connectivity index (χ3v) is 1.69. The molecule has 6 heteroatoms. The van der Waals surface area contributed by atoms with Crippen LogP contribution in [-0.2, 0) is 9.59 Å². The second-order valence-corrected chi connectivity index (χ2v) is 3.05. The van der Waals surface area contributed by atoms with E-state index in [1.54, 1.807) is 0 Å². The van der Waals surface area contributed by atoms with Gasteiger partial charge < -0.3 is 21.3 Å². The lowest BCUT2D eigenvalue weighted by molar-refractivity contribution is -0.137. The zero-order chi connectivity index (χ0) is 11.1. The maximum absolute atomic E-state index is 11.1. The van der Waals surface area contributed by atoms with Crippen molar-refractivity contribution in [2.75, 3.05) is 6.54 Å². The number of rotatable bonds is 6. The highest BCUT2D eigenvalue weighted by Crippen LogP contribution is 1.90. The van der Waals surface area contributed by atoms with Gasteiger partial charge in [0.2, 0.25) is 5.91 Å². The van der Waals surface area contributed by atoms with Gasteiger partial charge in [-0.3, -0.25) is 9.59 Å². The Balaban J connectivity index is 3.59. The Bertz CT molecular complexity index is 206. The van der Waals surface area contributed by atoms with Crippen LogP contribution in [0.25, 0.3) is 0 Å². The number of carboxylic acids is 1. The van der Waals surface area contributed by atoms with Crippen molar-refractivity contribution in [1.82, 2.24) is 5.32 Å². The smallest absolute Gasteiger partial charge is 0.303 e. The molecule has 6 nitrogen and oxygen atoms in total. The summed E-state index contributed by atoms with van der Waals surface area (Å²) in [6.45, 7) is 1.67. The van der Waals surface area contributed by atoms with Gasteiger partial charge in [-0.1, -0.05) is 0 Å². The van der Waals surface area contributed by atoms with Gasteiger partial charge in [0, 0.05) is 13.0 Å². The van der Waals surface area contributed by atoms with E-state index in [9.17, 15) is 9.59 Å². The van der Waals surface area contributed by atoms with Gasteiger partial charge in [-0.2, -0.15) is 0 Å². The molecular weight excluding hydrogens is 188 g/mol. The van der Waals surface area contributed by atoms with E-state index in [1.165, 1.54) is 6.92 Å². The summed E-state index contributed by atoms with van der Waals surface area (Å²) in [6, 6.07) is -0.958. The molecule has 2 atom stereocenters. The molecule has 0 spiro atoms. The lowest BCUT2D eigenvalue weighted by Crippen LogP contribution is -2.47. The Kier molecular flexibility index (Phi) is 5.82. The first-order valence-corrected chi connectivity index (χ1v) is 4.38. The highest BCUT2D eigenvalue weighted by molar-refractivity contribution is 5.82. The summed E-state index contributed by atoms with van der Waals surface area (Å²) in [6.07, 6.45) is -0.549. The minimum Gasteiger partial charge on any atom is -0.481 e. The van der Waals surface area contributed by atoms with Crippen molar-refractivity contribution in [1.29, 1.82) is 0 Å². The average molecular weight is 204 g/mol. The van der Waals surface area contributed by atoms with Crippen LogP contribution in [0.1, 0.15) is 19.8 Å². The number of carboxylic acid groups (broad SMARTS) is 1. The summed E-state index contributed by atoms with van der Waals surface area (Å²) in [7, 11) is 0. The number of hydrogen-bond acceptors (Lipinski definition) is 4.